The van der Waals surface area contributed by atoms with Crippen LogP contribution >= 0.6 is 0 Å². The fourth-order valence-corrected chi connectivity index (χ4v) is 5.19. The first-order chi connectivity index (χ1) is 21.2. The molecule has 0 spiro atoms. The number of hydrogen-bond donors (Lipinski definition) is 2. The molecule has 0 unspecified atom stereocenters. The van der Waals surface area contributed by atoms with Crippen molar-refractivity contribution in [2.24, 2.45) is 5.92 Å². The number of alkyl carbamates (subject to hydrolysis) is 2. The summed E-state index contributed by atoms with van der Waals surface area (Å²) in [5.41, 5.74) is 3.33. The molecule has 2 N–H and O–H groups in total. The van der Waals surface area contributed by atoms with Gasteiger partial charge in [-0.2, -0.15) is 0 Å². The number of nitrogens with one attached hydrogen (secondary N) is 2. The highest BCUT2D eigenvalue weighted by atomic mass is 16.6. The molecular weight excluding hydrogens is 576 g/mol. The largest absolute Gasteiger partial charge is 0.469 e. The van der Waals surface area contributed by atoms with Crippen molar-refractivity contribution in [1.29, 1.82) is 0 Å². The molecule has 1 aliphatic rings. The summed E-state index contributed by atoms with van der Waals surface area (Å²) in [4.78, 5) is 50.8. The maximum absolute atomic E-state index is 13.3. The Morgan fingerprint density at radius 3 is 1.98 bits per heavy atom. The van der Waals surface area contributed by atoms with Crippen molar-refractivity contribution in [2.45, 2.75) is 90.4 Å². The van der Waals surface area contributed by atoms with Crippen LogP contribution < -0.4 is 10.6 Å². The first-order valence-electron chi connectivity index (χ1n) is 15.5. The number of rotatable bonds is 14. The summed E-state index contributed by atoms with van der Waals surface area (Å²) in [7, 11) is 1.26. The van der Waals surface area contributed by atoms with Crippen molar-refractivity contribution in [1.82, 2.24) is 10.6 Å². The lowest BCUT2D eigenvalue weighted by molar-refractivity contribution is -0.151. The third kappa shape index (κ3) is 11.2. The van der Waals surface area contributed by atoms with Gasteiger partial charge in [-0.1, -0.05) is 48.5 Å². The Morgan fingerprint density at radius 1 is 0.822 bits per heavy atom. The van der Waals surface area contributed by atoms with Gasteiger partial charge < -0.3 is 29.6 Å². The highest BCUT2D eigenvalue weighted by molar-refractivity contribution is 5.90. The van der Waals surface area contributed by atoms with E-state index >= 15 is 0 Å². The van der Waals surface area contributed by atoms with Gasteiger partial charge in [0.1, 0.15) is 12.2 Å². The van der Waals surface area contributed by atoms with Crippen LogP contribution in [-0.4, -0.2) is 68.1 Å². The second kappa shape index (κ2) is 15.9. The number of carbonyl (C=O) groups is 4. The molecule has 0 aliphatic heterocycles. The smallest absolute Gasteiger partial charge is 0.408 e. The SMILES string of the molecule is COC(=O)[C@H](COC(C)(C)C)CC(=O)[C@H](CCCCNC(=O)OCC1c2ccccc2-c2ccccc21)NC(=O)OC(C)(C)C. The third-order valence-electron chi connectivity index (χ3n) is 7.31. The van der Waals surface area contributed by atoms with E-state index in [9.17, 15) is 19.2 Å². The molecule has 3 rings (SSSR count). The molecule has 2 aromatic carbocycles. The first-order valence-corrected chi connectivity index (χ1v) is 15.5. The monoisotopic (exact) mass is 624 g/mol. The fraction of sp³-hybridized carbons (Fsp3) is 0.543. The Labute approximate surface area is 266 Å². The van der Waals surface area contributed by atoms with Crippen molar-refractivity contribution >= 4 is 23.9 Å². The average molecular weight is 625 g/mol. The summed E-state index contributed by atoms with van der Waals surface area (Å²) in [5.74, 6) is -1.74. The number of esters is 1. The highest BCUT2D eigenvalue weighted by Crippen LogP contribution is 2.44. The molecular formula is C35H48N2O8. The number of fused-ring (bicyclic) bond motifs is 3. The molecule has 0 fully saturated rings. The summed E-state index contributed by atoms with van der Waals surface area (Å²) in [5, 5.41) is 5.44. The van der Waals surface area contributed by atoms with Gasteiger partial charge >= 0.3 is 18.2 Å². The number of ketones is 1. The number of methoxy groups -OCH3 is 1. The molecule has 2 aromatic rings. The van der Waals surface area contributed by atoms with E-state index in [2.05, 4.69) is 34.9 Å². The predicted molar refractivity (Wildman–Crippen MR) is 171 cm³/mol. The topological polar surface area (TPSA) is 129 Å². The van der Waals surface area contributed by atoms with E-state index in [0.717, 1.165) is 22.3 Å². The normalized spacial score (nSPS) is 14.0. The lowest BCUT2D eigenvalue weighted by Gasteiger charge is -2.25. The second-order valence-electron chi connectivity index (χ2n) is 13.3. The number of Topliss-reactive ketones (excluding diaryl/α,β-unsaturated/α-hetero) is 1. The molecule has 246 valence electrons. The number of amides is 2. The Morgan fingerprint density at radius 2 is 1.42 bits per heavy atom. The van der Waals surface area contributed by atoms with Crippen LogP contribution in [0.25, 0.3) is 11.1 Å². The van der Waals surface area contributed by atoms with Crippen LogP contribution in [0.3, 0.4) is 0 Å². The Bertz CT molecular complexity index is 1280. The number of unbranched alkanes of at least 4 members (excludes halogenated alkanes) is 1. The lowest BCUT2D eigenvalue weighted by atomic mass is 9.96. The summed E-state index contributed by atoms with van der Waals surface area (Å²) in [6, 6.07) is 15.4. The van der Waals surface area contributed by atoms with E-state index in [1.54, 1.807) is 20.8 Å². The standard InChI is InChI=1S/C35H48N2O8/c1-34(2,3)44-21-23(31(39)42-7)20-30(38)29(37-33(41)45-35(4,5)6)18-12-13-19-36-32(40)43-22-28-26-16-10-8-14-24(26)25-15-9-11-17-27(25)28/h8-11,14-17,23,28-29H,12-13,18-22H2,1-7H3,(H,36,40)(H,37,41)/t23-,29-/m0/s1. The van der Waals surface area contributed by atoms with Crippen LogP contribution in [-0.2, 0) is 28.5 Å². The van der Waals surface area contributed by atoms with Crippen LogP contribution in [0.5, 0.6) is 0 Å². The Hall–Kier alpha value is -3.92. The van der Waals surface area contributed by atoms with Gasteiger partial charge in [-0.15, -0.1) is 0 Å². The van der Waals surface area contributed by atoms with Crippen LogP contribution in [0.1, 0.15) is 84.3 Å². The van der Waals surface area contributed by atoms with E-state index in [0.29, 0.717) is 25.8 Å². The van der Waals surface area contributed by atoms with E-state index < -0.39 is 41.3 Å². The maximum atomic E-state index is 13.3. The fourth-order valence-electron chi connectivity index (χ4n) is 5.19. The summed E-state index contributed by atoms with van der Waals surface area (Å²) < 4.78 is 21.6. The molecule has 0 heterocycles. The quantitative estimate of drug-likeness (QED) is 0.145. The molecule has 2 atom stereocenters. The Kier molecular flexibility index (Phi) is 12.6. The van der Waals surface area contributed by atoms with Crippen molar-refractivity contribution < 1.29 is 38.1 Å². The zero-order chi connectivity index (χ0) is 33.2. The molecule has 10 nitrogen and oxygen atoms in total. The molecule has 0 saturated carbocycles. The Balaban J connectivity index is 1.52. The molecule has 45 heavy (non-hydrogen) atoms. The van der Waals surface area contributed by atoms with Gasteiger partial charge in [-0.25, -0.2) is 9.59 Å². The minimum atomic E-state index is -0.893. The van der Waals surface area contributed by atoms with Crippen molar-refractivity contribution in [2.75, 3.05) is 26.9 Å². The predicted octanol–water partition coefficient (Wildman–Crippen LogP) is 6.15. The molecule has 0 saturated heterocycles. The van der Waals surface area contributed by atoms with Crippen LogP contribution in [0.4, 0.5) is 9.59 Å². The van der Waals surface area contributed by atoms with Crippen molar-refractivity contribution in [3.05, 3.63) is 59.7 Å². The van der Waals surface area contributed by atoms with Gasteiger partial charge in [0.15, 0.2) is 5.78 Å². The summed E-state index contributed by atoms with van der Waals surface area (Å²) in [6.07, 6.45) is -0.0663. The van der Waals surface area contributed by atoms with E-state index in [4.69, 9.17) is 18.9 Å². The molecule has 2 amide bonds. The number of carbonyl (C=O) groups excluding carboxylic acids is 4. The van der Waals surface area contributed by atoms with Crippen molar-refractivity contribution in [3.8, 4) is 11.1 Å². The minimum absolute atomic E-state index is 0.00509. The van der Waals surface area contributed by atoms with Crippen LogP contribution in [0.15, 0.2) is 48.5 Å². The maximum Gasteiger partial charge on any atom is 0.408 e. The second-order valence-corrected chi connectivity index (χ2v) is 13.3. The zero-order valence-electron chi connectivity index (χ0n) is 27.6. The summed E-state index contributed by atoms with van der Waals surface area (Å²) in [6.45, 7) is 11.3. The van der Waals surface area contributed by atoms with Crippen molar-refractivity contribution in [3.63, 3.8) is 0 Å². The molecule has 1 aliphatic carbocycles. The third-order valence-corrected chi connectivity index (χ3v) is 7.31. The van der Waals surface area contributed by atoms with Gasteiger partial charge in [0.2, 0.25) is 0 Å². The molecule has 10 heteroatoms. The number of hydrogen-bond acceptors (Lipinski definition) is 8. The molecule has 0 aromatic heterocycles. The van der Waals surface area contributed by atoms with E-state index in [1.807, 2.05) is 45.0 Å². The zero-order valence-corrected chi connectivity index (χ0v) is 27.6. The van der Waals surface area contributed by atoms with Crippen LogP contribution in [0, 0.1) is 5.92 Å². The van der Waals surface area contributed by atoms with Gasteiger partial charge in [0, 0.05) is 18.9 Å². The van der Waals surface area contributed by atoms with Gasteiger partial charge in [-0.3, -0.25) is 9.59 Å². The van der Waals surface area contributed by atoms with Gasteiger partial charge in [0.25, 0.3) is 0 Å². The summed E-state index contributed by atoms with van der Waals surface area (Å²) >= 11 is 0. The van der Waals surface area contributed by atoms with E-state index in [-0.39, 0.29) is 31.3 Å². The van der Waals surface area contributed by atoms with Gasteiger partial charge in [-0.05, 0) is 83.1 Å². The van der Waals surface area contributed by atoms with Crippen LogP contribution in [0.2, 0.25) is 0 Å². The number of benzene rings is 2. The molecule has 0 bridgehead atoms. The average Bonchev–Trinajstić information content (AvgIpc) is 3.29. The minimum Gasteiger partial charge on any atom is -0.469 e. The first kappa shape index (κ1) is 35.6. The number of ether oxygens (including phenoxy) is 4. The molecule has 0 radical (unpaired) electrons. The van der Waals surface area contributed by atoms with E-state index in [1.165, 1.54) is 7.11 Å². The van der Waals surface area contributed by atoms with Gasteiger partial charge in [0.05, 0.1) is 31.3 Å². The lowest BCUT2D eigenvalue weighted by Crippen LogP contribution is -2.44. The highest BCUT2D eigenvalue weighted by Gasteiger charge is 2.31.